The molecule has 59 valence electrons. The zero-order valence-electron chi connectivity index (χ0n) is 6.25. The molecule has 0 aliphatic heterocycles. The topological polar surface area (TPSA) is 0 Å². The Bertz CT molecular complexity index is 348. The number of hydrogen-bond donors (Lipinski definition) is 0. The molecule has 0 fully saturated rings. The molecule has 2 aromatic rings. The van der Waals surface area contributed by atoms with Crippen LogP contribution < -0.4 is 0 Å². The Hall–Kier alpha value is -1.15. The van der Waals surface area contributed by atoms with E-state index in [2.05, 4.69) is 5.38 Å². The third kappa shape index (κ3) is 1.38. The minimum atomic E-state index is -0.195. The van der Waals surface area contributed by atoms with Gasteiger partial charge in [0, 0.05) is 10.3 Å². The van der Waals surface area contributed by atoms with Crippen LogP contribution in [-0.4, -0.2) is 0 Å². The summed E-state index contributed by atoms with van der Waals surface area (Å²) in [4.78, 5) is 1.12. The maximum atomic E-state index is 12.5. The maximum absolute atomic E-state index is 12.5. The normalized spacial score (nSPS) is 10.1. The molecule has 1 heterocycles. The Morgan fingerprint density at radius 3 is 2.42 bits per heavy atom. The van der Waals surface area contributed by atoms with Crippen molar-refractivity contribution in [1.29, 1.82) is 0 Å². The lowest BCUT2D eigenvalue weighted by Crippen LogP contribution is -1.73. The van der Waals surface area contributed by atoms with Gasteiger partial charge in [0.2, 0.25) is 0 Å². The van der Waals surface area contributed by atoms with Crippen molar-refractivity contribution in [3.05, 3.63) is 47.6 Å². The summed E-state index contributed by atoms with van der Waals surface area (Å²) < 4.78 is 12.5. The molecule has 0 atom stereocenters. The Morgan fingerprint density at radius 1 is 1.08 bits per heavy atom. The Balaban J connectivity index is 2.43. The van der Waals surface area contributed by atoms with Crippen molar-refractivity contribution in [3.63, 3.8) is 0 Å². The molecule has 1 aromatic carbocycles. The second kappa shape index (κ2) is 3.07. The predicted octanol–water partition coefficient (Wildman–Crippen LogP) is 3.35. The summed E-state index contributed by atoms with van der Waals surface area (Å²) in [5.74, 6) is -0.195. The van der Waals surface area contributed by atoms with E-state index in [9.17, 15) is 4.39 Å². The van der Waals surface area contributed by atoms with Crippen molar-refractivity contribution < 1.29 is 4.39 Å². The molecule has 2 heteroatoms. The monoisotopic (exact) mass is 177 g/mol. The van der Waals surface area contributed by atoms with E-state index in [-0.39, 0.29) is 5.82 Å². The molecular weight excluding hydrogens is 171 g/mol. The van der Waals surface area contributed by atoms with E-state index >= 15 is 0 Å². The van der Waals surface area contributed by atoms with Crippen LogP contribution in [0, 0.1) is 11.2 Å². The zero-order valence-corrected chi connectivity index (χ0v) is 7.07. The average Bonchev–Trinajstić information content (AvgIpc) is 2.58. The second-order valence-corrected chi connectivity index (χ2v) is 3.30. The van der Waals surface area contributed by atoms with E-state index in [1.54, 1.807) is 12.1 Å². The van der Waals surface area contributed by atoms with E-state index in [1.807, 2.05) is 12.1 Å². The number of thiophene rings is 1. The summed E-state index contributed by atoms with van der Waals surface area (Å²) in [6.45, 7) is 0. The Morgan fingerprint density at radius 2 is 1.83 bits per heavy atom. The van der Waals surface area contributed by atoms with Crippen molar-refractivity contribution in [3.8, 4) is 10.4 Å². The summed E-state index contributed by atoms with van der Waals surface area (Å²) in [5.41, 5.74) is 1.04. The highest BCUT2D eigenvalue weighted by molar-refractivity contribution is 7.13. The first kappa shape index (κ1) is 7.50. The number of halogens is 1. The van der Waals surface area contributed by atoms with Gasteiger partial charge < -0.3 is 0 Å². The van der Waals surface area contributed by atoms with Gasteiger partial charge in [-0.3, -0.25) is 0 Å². The average molecular weight is 177 g/mol. The molecule has 0 amide bonds. The molecule has 2 rings (SSSR count). The molecule has 0 saturated carbocycles. The highest BCUT2D eigenvalue weighted by Crippen LogP contribution is 2.23. The quantitative estimate of drug-likeness (QED) is 0.626. The molecule has 1 radical (unpaired) electrons. The van der Waals surface area contributed by atoms with Gasteiger partial charge in [0.15, 0.2) is 0 Å². The van der Waals surface area contributed by atoms with E-state index in [0.717, 1.165) is 10.4 Å². The van der Waals surface area contributed by atoms with Crippen molar-refractivity contribution in [2.75, 3.05) is 0 Å². The largest absolute Gasteiger partial charge is 0.207 e. The van der Waals surface area contributed by atoms with Gasteiger partial charge in [-0.15, -0.1) is 11.3 Å². The van der Waals surface area contributed by atoms with Gasteiger partial charge >= 0.3 is 0 Å². The van der Waals surface area contributed by atoms with Crippen molar-refractivity contribution >= 4 is 11.3 Å². The van der Waals surface area contributed by atoms with Crippen molar-refractivity contribution in [2.24, 2.45) is 0 Å². The van der Waals surface area contributed by atoms with Gasteiger partial charge in [-0.2, -0.15) is 0 Å². The SMILES string of the molecule is Fc1ccc(-c2cc[c]s2)cc1. The molecule has 0 saturated heterocycles. The lowest BCUT2D eigenvalue weighted by molar-refractivity contribution is 0.628. The molecule has 0 unspecified atom stereocenters. The van der Waals surface area contributed by atoms with E-state index < -0.39 is 0 Å². The van der Waals surface area contributed by atoms with Gasteiger partial charge in [0.1, 0.15) is 5.82 Å². The summed E-state index contributed by atoms with van der Waals surface area (Å²) in [6.07, 6.45) is 0. The van der Waals surface area contributed by atoms with Crippen LogP contribution in [-0.2, 0) is 0 Å². The van der Waals surface area contributed by atoms with Crippen LogP contribution in [0.25, 0.3) is 10.4 Å². The minimum Gasteiger partial charge on any atom is -0.207 e. The third-order valence-electron chi connectivity index (χ3n) is 1.60. The van der Waals surface area contributed by atoms with Crippen molar-refractivity contribution in [1.82, 2.24) is 0 Å². The Kier molecular flexibility index (Phi) is 1.92. The molecular formula is C10H6FS. The van der Waals surface area contributed by atoms with Gasteiger partial charge in [-0.25, -0.2) is 4.39 Å². The molecule has 0 aliphatic carbocycles. The van der Waals surface area contributed by atoms with Crippen LogP contribution in [0.5, 0.6) is 0 Å². The second-order valence-electron chi connectivity index (χ2n) is 2.42. The molecule has 12 heavy (non-hydrogen) atoms. The third-order valence-corrected chi connectivity index (χ3v) is 2.45. The van der Waals surface area contributed by atoms with E-state index in [1.165, 1.54) is 23.5 Å². The van der Waals surface area contributed by atoms with Crippen LogP contribution in [0.1, 0.15) is 0 Å². The fourth-order valence-corrected chi connectivity index (χ4v) is 1.66. The highest BCUT2D eigenvalue weighted by Gasteiger charge is 1.97. The van der Waals surface area contributed by atoms with E-state index in [0.29, 0.717) is 0 Å². The summed E-state index contributed by atoms with van der Waals surface area (Å²) in [5, 5.41) is 2.99. The van der Waals surface area contributed by atoms with Crippen LogP contribution in [0.3, 0.4) is 0 Å². The molecule has 0 aliphatic rings. The van der Waals surface area contributed by atoms with E-state index in [4.69, 9.17) is 0 Å². The van der Waals surface area contributed by atoms with Crippen LogP contribution >= 0.6 is 11.3 Å². The number of rotatable bonds is 1. The molecule has 0 spiro atoms. The van der Waals surface area contributed by atoms with Gasteiger partial charge in [-0.1, -0.05) is 12.1 Å². The standard InChI is InChI=1S/C10H6FS/c11-9-5-3-8(4-6-9)10-2-1-7-12-10/h1-6H. The summed E-state index contributed by atoms with van der Waals surface area (Å²) >= 11 is 1.53. The zero-order chi connectivity index (χ0) is 8.39. The minimum absolute atomic E-state index is 0.195. The first-order chi connectivity index (χ1) is 5.86. The fraction of sp³-hybridized carbons (Fsp3) is 0. The van der Waals surface area contributed by atoms with Crippen LogP contribution in [0.15, 0.2) is 36.4 Å². The number of benzene rings is 1. The van der Waals surface area contributed by atoms with Gasteiger partial charge in [0.25, 0.3) is 0 Å². The lowest BCUT2D eigenvalue weighted by atomic mass is 10.2. The first-order valence-electron chi connectivity index (χ1n) is 3.58. The van der Waals surface area contributed by atoms with Crippen LogP contribution in [0.4, 0.5) is 4.39 Å². The molecule has 1 aromatic heterocycles. The summed E-state index contributed by atoms with van der Waals surface area (Å²) in [6, 6.07) is 10.3. The molecule has 0 bridgehead atoms. The lowest BCUT2D eigenvalue weighted by Gasteiger charge is -1.94. The smallest absolute Gasteiger partial charge is 0.123 e. The molecule has 0 N–H and O–H groups in total. The first-order valence-corrected chi connectivity index (χ1v) is 4.40. The summed E-state index contributed by atoms with van der Waals surface area (Å²) in [7, 11) is 0. The molecule has 0 nitrogen and oxygen atoms in total. The van der Waals surface area contributed by atoms with Gasteiger partial charge in [0.05, 0.1) is 0 Å². The fourth-order valence-electron chi connectivity index (χ4n) is 1.01. The highest BCUT2D eigenvalue weighted by atomic mass is 32.1. The predicted molar refractivity (Wildman–Crippen MR) is 48.5 cm³/mol. The number of hydrogen-bond acceptors (Lipinski definition) is 1. The van der Waals surface area contributed by atoms with Crippen molar-refractivity contribution in [2.45, 2.75) is 0 Å². The maximum Gasteiger partial charge on any atom is 0.123 e. The van der Waals surface area contributed by atoms with Gasteiger partial charge in [-0.05, 0) is 29.8 Å². The van der Waals surface area contributed by atoms with Crippen LogP contribution in [0.2, 0.25) is 0 Å². The Labute approximate surface area is 74.3 Å².